The van der Waals surface area contributed by atoms with Gasteiger partial charge in [0.2, 0.25) is 0 Å². The monoisotopic (exact) mass is 410 g/mol. The predicted octanol–water partition coefficient (Wildman–Crippen LogP) is 4.31. The minimum absolute atomic E-state index is 0.0436. The lowest BCUT2D eigenvalue weighted by Gasteiger charge is -2.28. The van der Waals surface area contributed by atoms with E-state index in [1.54, 1.807) is 32.0 Å². The zero-order valence-corrected chi connectivity index (χ0v) is 18.1. The van der Waals surface area contributed by atoms with E-state index in [1.165, 1.54) is 0 Å². The van der Waals surface area contributed by atoms with E-state index in [4.69, 9.17) is 4.74 Å². The Bertz CT molecular complexity index is 746. The SMILES string of the molecule is CCCCOc1ccc(CC(=O)C2CCC(CS(=O)(=O)C(C)C)CC2)c(O)c1. The Labute approximate surface area is 169 Å². The standard InChI is InChI=1S/C22H34O5S/c1-4-5-12-27-20-11-10-19(22(24)14-20)13-21(23)18-8-6-17(7-9-18)15-28(25,26)16(2)3/h10-11,14,16-18,24H,4-9,12-13,15H2,1-3H3. The first kappa shape index (κ1) is 22.7. The van der Waals surface area contributed by atoms with E-state index in [9.17, 15) is 18.3 Å². The summed E-state index contributed by atoms with van der Waals surface area (Å²) in [5.41, 5.74) is 0.623. The number of benzene rings is 1. The van der Waals surface area contributed by atoms with E-state index >= 15 is 0 Å². The lowest BCUT2D eigenvalue weighted by atomic mass is 9.79. The van der Waals surface area contributed by atoms with E-state index < -0.39 is 9.84 Å². The lowest BCUT2D eigenvalue weighted by molar-refractivity contribution is -0.123. The van der Waals surface area contributed by atoms with Crippen LogP contribution < -0.4 is 4.74 Å². The van der Waals surface area contributed by atoms with Crippen LogP contribution in [0, 0.1) is 11.8 Å². The first-order chi connectivity index (χ1) is 13.2. The van der Waals surface area contributed by atoms with Gasteiger partial charge in [0.05, 0.1) is 17.6 Å². The molecule has 0 radical (unpaired) electrons. The maximum atomic E-state index is 12.7. The highest BCUT2D eigenvalue weighted by Gasteiger charge is 2.30. The molecular weight excluding hydrogens is 376 g/mol. The van der Waals surface area contributed by atoms with Gasteiger partial charge >= 0.3 is 0 Å². The molecule has 158 valence electrons. The molecule has 0 heterocycles. The molecule has 0 saturated heterocycles. The smallest absolute Gasteiger partial charge is 0.152 e. The summed E-state index contributed by atoms with van der Waals surface area (Å²) in [4.78, 5) is 12.7. The zero-order valence-electron chi connectivity index (χ0n) is 17.3. The number of phenols is 1. The van der Waals surface area contributed by atoms with Crippen LogP contribution in [0.4, 0.5) is 0 Å². The van der Waals surface area contributed by atoms with Gasteiger partial charge in [0, 0.05) is 24.0 Å². The van der Waals surface area contributed by atoms with Crippen molar-refractivity contribution in [1.29, 1.82) is 0 Å². The van der Waals surface area contributed by atoms with Gasteiger partial charge in [-0.1, -0.05) is 19.4 Å². The fourth-order valence-corrected chi connectivity index (χ4v) is 5.00. The molecular formula is C22H34O5S. The van der Waals surface area contributed by atoms with Crippen LogP contribution in [-0.2, 0) is 21.1 Å². The van der Waals surface area contributed by atoms with Gasteiger partial charge in [-0.15, -0.1) is 0 Å². The second-order valence-electron chi connectivity index (χ2n) is 8.23. The maximum absolute atomic E-state index is 12.7. The molecule has 1 fully saturated rings. The van der Waals surface area contributed by atoms with Gasteiger partial charge in [-0.05, 0) is 57.9 Å². The van der Waals surface area contributed by atoms with Crippen molar-refractivity contribution in [1.82, 2.24) is 0 Å². The van der Waals surface area contributed by atoms with Crippen LogP contribution in [0.25, 0.3) is 0 Å². The number of phenolic OH excluding ortho intramolecular Hbond substituents is 1. The second kappa shape index (κ2) is 10.3. The lowest BCUT2D eigenvalue weighted by Crippen LogP contribution is -2.29. The molecule has 0 bridgehead atoms. The molecule has 1 N–H and O–H groups in total. The highest BCUT2D eigenvalue weighted by atomic mass is 32.2. The van der Waals surface area contributed by atoms with Gasteiger partial charge in [-0.25, -0.2) is 8.42 Å². The van der Waals surface area contributed by atoms with Gasteiger partial charge in [0.1, 0.15) is 17.3 Å². The summed E-state index contributed by atoms with van der Waals surface area (Å²) >= 11 is 0. The fourth-order valence-electron chi connectivity index (χ4n) is 3.62. The number of hydrogen-bond donors (Lipinski definition) is 1. The van der Waals surface area contributed by atoms with Crippen LogP contribution in [0.15, 0.2) is 18.2 Å². The summed E-state index contributed by atoms with van der Waals surface area (Å²) in [5, 5.41) is 9.87. The Kier molecular flexibility index (Phi) is 8.35. The molecule has 1 aromatic rings. The van der Waals surface area contributed by atoms with Crippen molar-refractivity contribution in [3.8, 4) is 11.5 Å². The number of carbonyl (C=O) groups excluding carboxylic acids is 1. The minimum Gasteiger partial charge on any atom is -0.508 e. The van der Waals surface area contributed by atoms with E-state index in [-0.39, 0.29) is 40.8 Å². The molecule has 28 heavy (non-hydrogen) atoms. The van der Waals surface area contributed by atoms with Crippen molar-refractivity contribution in [2.75, 3.05) is 12.4 Å². The molecule has 2 rings (SSSR count). The predicted molar refractivity (Wildman–Crippen MR) is 112 cm³/mol. The van der Waals surface area contributed by atoms with Gasteiger partial charge in [-0.3, -0.25) is 4.79 Å². The number of aromatic hydroxyl groups is 1. The number of ketones is 1. The molecule has 1 aliphatic rings. The number of carbonyl (C=O) groups is 1. The number of unbranched alkanes of at least 4 members (excludes halogenated alkanes) is 1. The van der Waals surface area contributed by atoms with Gasteiger partial charge in [-0.2, -0.15) is 0 Å². The van der Waals surface area contributed by atoms with Gasteiger partial charge in [0.25, 0.3) is 0 Å². The number of ether oxygens (including phenoxy) is 1. The zero-order chi connectivity index (χ0) is 20.7. The molecule has 0 atom stereocenters. The van der Waals surface area contributed by atoms with Crippen LogP contribution in [0.1, 0.15) is 64.9 Å². The molecule has 6 heteroatoms. The van der Waals surface area contributed by atoms with E-state index in [2.05, 4.69) is 6.92 Å². The quantitative estimate of drug-likeness (QED) is 0.581. The Morgan fingerprint density at radius 1 is 1.21 bits per heavy atom. The summed E-state index contributed by atoms with van der Waals surface area (Å²) in [7, 11) is -3.03. The van der Waals surface area contributed by atoms with Crippen molar-refractivity contribution in [2.24, 2.45) is 11.8 Å². The third kappa shape index (κ3) is 6.50. The van der Waals surface area contributed by atoms with Crippen molar-refractivity contribution in [3.05, 3.63) is 23.8 Å². The van der Waals surface area contributed by atoms with Crippen molar-refractivity contribution >= 4 is 15.6 Å². The molecule has 1 aromatic carbocycles. The number of hydrogen-bond acceptors (Lipinski definition) is 5. The third-order valence-corrected chi connectivity index (χ3v) is 8.05. The number of Topliss-reactive ketones (excluding diaryl/α,β-unsaturated/α-hetero) is 1. The molecule has 1 saturated carbocycles. The second-order valence-corrected chi connectivity index (χ2v) is 10.8. The van der Waals surface area contributed by atoms with Crippen molar-refractivity contribution < 1.29 is 23.1 Å². The number of rotatable bonds is 10. The average molecular weight is 411 g/mol. The summed E-state index contributed by atoms with van der Waals surface area (Å²) in [6.07, 6.45) is 5.23. The third-order valence-electron chi connectivity index (χ3n) is 5.68. The number of sulfone groups is 1. The van der Waals surface area contributed by atoms with Crippen LogP contribution >= 0.6 is 0 Å². The average Bonchev–Trinajstić information content (AvgIpc) is 2.64. The summed E-state index contributed by atoms with van der Waals surface area (Å²) < 4.78 is 29.8. The molecule has 0 aromatic heterocycles. The van der Waals surface area contributed by atoms with Crippen molar-refractivity contribution in [3.63, 3.8) is 0 Å². The Hall–Kier alpha value is -1.56. The largest absolute Gasteiger partial charge is 0.508 e. The molecule has 1 aliphatic carbocycles. The molecule has 0 aliphatic heterocycles. The summed E-state index contributed by atoms with van der Waals surface area (Å²) in [6, 6.07) is 5.13. The highest BCUT2D eigenvalue weighted by molar-refractivity contribution is 7.91. The molecule has 0 unspecified atom stereocenters. The normalized spacial score (nSPS) is 20.3. The molecule has 5 nitrogen and oxygen atoms in total. The highest BCUT2D eigenvalue weighted by Crippen LogP contribution is 2.33. The fraction of sp³-hybridized carbons (Fsp3) is 0.682. The van der Waals surface area contributed by atoms with Gasteiger partial charge < -0.3 is 9.84 Å². The first-order valence-corrected chi connectivity index (χ1v) is 12.1. The topological polar surface area (TPSA) is 80.7 Å². The van der Waals surface area contributed by atoms with E-state index in [0.717, 1.165) is 38.5 Å². The maximum Gasteiger partial charge on any atom is 0.152 e. The van der Waals surface area contributed by atoms with E-state index in [0.29, 0.717) is 17.9 Å². The Morgan fingerprint density at radius 2 is 1.89 bits per heavy atom. The van der Waals surface area contributed by atoms with Crippen LogP contribution in [0.5, 0.6) is 11.5 Å². The van der Waals surface area contributed by atoms with E-state index in [1.807, 2.05) is 0 Å². The van der Waals surface area contributed by atoms with Gasteiger partial charge in [0.15, 0.2) is 9.84 Å². The Morgan fingerprint density at radius 3 is 2.46 bits per heavy atom. The van der Waals surface area contributed by atoms with Crippen LogP contribution in [-0.4, -0.2) is 36.9 Å². The molecule has 0 amide bonds. The summed E-state index contributed by atoms with van der Waals surface area (Å²) in [6.45, 7) is 6.14. The minimum atomic E-state index is -3.03. The van der Waals surface area contributed by atoms with Crippen LogP contribution in [0.3, 0.4) is 0 Å². The van der Waals surface area contributed by atoms with Crippen molar-refractivity contribution in [2.45, 2.75) is 71.0 Å². The summed E-state index contributed by atoms with van der Waals surface area (Å²) in [5.74, 6) is 1.18. The molecule has 0 spiro atoms. The Balaban J connectivity index is 1.86. The first-order valence-electron chi connectivity index (χ1n) is 10.4. The van der Waals surface area contributed by atoms with Crippen LogP contribution in [0.2, 0.25) is 0 Å².